The minimum Gasteiger partial charge on any atom is -0.297 e. The van der Waals surface area contributed by atoms with Crippen molar-refractivity contribution < 1.29 is 0 Å². The van der Waals surface area contributed by atoms with Gasteiger partial charge >= 0.3 is 0 Å². The molecule has 0 atom stereocenters. The Kier molecular flexibility index (Phi) is 5.60. The molecule has 1 aliphatic rings. The van der Waals surface area contributed by atoms with E-state index >= 15 is 0 Å². The van der Waals surface area contributed by atoms with E-state index in [-0.39, 0.29) is 11.1 Å². The molecule has 0 aromatic rings. The fourth-order valence-electron chi connectivity index (χ4n) is 2.39. The van der Waals surface area contributed by atoms with Crippen molar-refractivity contribution in [1.29, 1.82) is 5.26 Å². The van der Waals surface area contributed by atoms with Gasteiger partial charge in [-0.25, -0.2) is 5.01 Å². The molecule has 0 aliphatic carbocycles. The summed E-state index contributed by atoms with van der Waals surface area (Å²) >= 11 is 0. The van der Waals surface area contributed by atoms with Crippen LogP contribution in [0.4, 0.5) is 0 Å². The van der Waals surface area contributed by atoms with Gasteiger partial charge < -0.3 is 0 Å². The van der Waals surface area contributed by atoms with Crippen LogP contribution >= 0.6 is 0 Å². The minimum atomic E-state index is 0.0615. The van der Waals surface area contributed by atoms with E-state index in [2.05, 4.69) is 46.4 Å². The molecule has 17 heavy (non-hydrogen) atoms. The van der Waals surface area contributed by atoms with Crippen molar-refractivity contribution in [3.8, 4) is 6.07 Å². The molecule has 2 N–H and O–H groups in total. The molecule has 4 heteroatoms. The monoisotopic (exact) mass is 240 g/mol. The van der Waals surface area contributed by atoms with Crippen LogP contribution in [0.25, 0.3) is 0 Å². The van der Waals surface area contributed by atoms with Crippen LogP contribution in [0.1, 0.15) is 48.5 Å². The second kappa shape index (κ2) is 5.81. The van der Waals surface area contributed by atoms with Gasteiger partial charge in [-0.15, -0.1) is 0 Å². The zero-order chi connectivity index (χ0) is 13.9. The zero-order valence-electron chi connectivity index (χ0n) is 12.4. The second-order valence-corrected chi connectivity index (χ2v) is 6.22. The maximum absolute atomic E-state index is 7.32. The number of hydrazine groups is 1. The third kappa shape index (κ3) is 4.27. The Morgan fingerprint density at radius 2 is 1.41 bits per heavy atom. The quantitative estimate of drug-likeness (QED) is 0.712. The maximum Gasteiger partial charge on any atom is 0.0587 e. The molecule has 0 bridgehead atoms. The first-order chi connectivity index (χ1) is 7.58. The summed E-state index contributed by atoms with van der Waals surface area (Å²) < 4.78 is 0. The third-order valence-electron chi connectivity index (χ3n) is 3.21. The summed E-state index contributed by atoms with van der Waals surface area (Å²) in [5, 5.41) is 9.33. The Bertz CT molecular complexity index is 258. The fourth-order valence-corrected chi connectivity index (χ4v) is 2.39. The van der Waals surface area contributed by atoms with Crippen molar-refractivity contribution in [3.05, 3.63) is 0 Å². The van der Waals surface area contributed by atoms with Crippen LogP contribution in [0.3, 0.4) is 0 Å². The van der Waals surface area contributed by atoms with E-state index in [4.69, 9.17) is 11.1 Å². The molecule has 0 aromatic heterocycles. The summed E-state index contributed by atoms with van der Waals surface area (Å²) in [4.78, 5) is 2.50. The van der Waals surface area contributed by atoms with Gasteiger partial charge in [0.15, 0.2) is 0 Å². The van der Waals surface area contributed by atoms with Gasteiger partial charge in [-0.05, 0) is 41.5 Å². The molecular weight excluding hydrogens is 212 g/mol. The lowest BCUT2D eigenvalue weighted by atomic mass is 9.89. The average Bonchev–Trinajstić information content (AvgIpc) is 2.14. The average molecular weight is 240 g/mol. The predicted molar refractivity (Wildman–Crippen MR) is 72.2 cm³/mol. The van der Waals surface area contributed by atoms with E-state index in [0.717, 1.165) is 13.1 Å². The Morgan fingerprint density at radius 1 is 1.12 bits per heavy atom. The van der Waals surface area contributed by atoms with Crippen LogP contribution in [-0.2, 0) is 0 Å². The highest BCUT2D eigenvalue weighted by atomic mass is 15.5. The topological polar surface area (TPSA) is 56.3 Å². The largest absolute Gasteiger partial charge is 0.297 e. The minimum absolute atomic E-state index is 0.0615. The van der Waals surface area contributed by atoms with Crippen molar-refractivity contribution in [2.75, 3.05) is 13.1 Å². The van der Waals surface area contributed by atoms with Gasteiger partial charge in [-0.1, -0.05) is 0 Å². The Morgan fingerprint density at radius 3 is 1.65 bits per heavy atom. The highest BCUT2D eigenvalue weighted by Gasteiger charge is 2.43. The molecule has 0 aromatic carbocycles. The first kappa shape index (κ1) is 16.4. The molecule has 1 fully saturated rings. The van der Waals surface area contributed by atoms with E-state index in [1.165, 1.54) is 6.92 Å². The molecule has 4 nitrogen and oxygen atoms in total. The number of hydrogen-bond donors (Lipinski definition) is 1. The normalized spacial score (nSPS) is 23.8. The molecule has 1 heterocycles. The molecule has 0 unspecified atom stereocenters. The van der Waals surface area contributed by atoms with Gasteiger partial charge in [0.25, 0.3) is 0 Å². The molecule has 1 saturated heterocycles. The fraction of sp³-hybridized carbons (Fsp3) is 0.923. The Balaban J connectivity index is 0.000000770. The predicted octanol–water partition coefficient (Wildman–Crippen LogP) is 1.97. The van der Waals surface area contributed by atoms with Crippen molar-refractivity contribution in [1.82, 2.24) is 9.91 Å². The molecule has 0 amide bonds. The van der Waals surface area contributed by atoms with Gasteiger partial charge in [0, 0.05) is 37.1 Å². The summed E-state index contributed by atoms with van der Waals surface area (Å²) in [5.74, 6) is 6.16. The second-order valence-electron chi connectivity index (χ2n) is 6.22. The standard InChI is InChI=1S/C11H25N3.C2H3N/c1-9(2)13-7-10(3,4)14(12)11(5,6)8-13;1-2-3/h9H,7-8,12H2,1-6H3;1H3. The summed E-state index contributed by atoms with van der Waals surface area (Å²) in [6, 6.07) is 2.35. The number of nitriles is 1. The van der Waals surface area contributed by atoms with Gasteiger partial charge in [0.05, 0.1) is 6.07 Å². The molecule has 0 saturated carbocycles. The lowest BCUT2D eigenvalue weighted by molar-refractivity contribution is -0.0790. The van der Waals surface area contributed by atoms with Crippen molar-refractivity contribution in [3.63, 3.8) is 0 Å². The molecule has 0 radical (unpaired) electrons. The van der Waals surface area contributed by atoms with Crippen LogP contribution in [0.2, 0.25) is 0 Å². The molecule has 0 spiro atoms. The Labute approximate surface area is 106 Å². The SMILES string of the molecule is CC#N.CC(C)N1CC(C)(C)N(N)C(C)(C)C1. The summed E-state index contributed by atoms with van der Waals surface area (Å²) in [6.45, 7) is 16.9. The van der Waals surface area contributed by atoms with Crippen molar-refractivity contribution in [2.24, 2.45) is 5.84 Å². The van der Waals surface area contributed by atoms with E-state index < -0.39 is 0 Å². The third-order valence-corrected chi connectivity index (χ3v) is 3.21. The lowest BCUT2D eigenvalue weighted by Gasteiger charge is -2.55. The number of hydrogen-bond acceptors (Lipinski definition) is 4. The highest BCUT2D eigenvalue weighted by Crippen LogP contribution is 2.29. The van der Waals surface area contributed by atoms with E-state index in [1.807, 2.05) is 5.01 Å². The van der Waals surface area contributed by atoms with E-state index in [9.17, 15) is 0 Å². The molecule has 100 valence electrons. The van der Waals surface area contributed by atoms with Crippen LogP contribution in [0.5, 0.6) is 0 Å². The van der Waals surface area contributed by atoms with Crippen LogP contribution in [-0.4, -0.2) is 40.1 Å². The van der Waals surface area contributed by atoms with Crippen molar-refractivity contribution in [2.45, 2.75) is 65.6 Å². The number of piperazine rings is 1. The van der Waals surface area contributed by atoms with Crippen molar-refractivity contribution >= 4 is 0 Å². The first-order valence-electron chi connectivity index (χ1n) is 6.18. The highest BCUT2D eigenvalue weighted by molar-refractivity contribution is 4.98. The number of nitrogens with zero attached hydrogens (tertiary/aromatic N) is 3. The molecular formula is C13H28N4. The van der Waals surface area contributed by atoms with Gasteiger partial charge in [-0.2, -0.15) is 5.26 Å². The van der Waals surface area contributed by atoms with Gasteiger partial charge in [0.2, 0.25) is 0 Å². The van der Waals surface area contributed by atoms with Gasteiger partial charge in [0.1, 0.15) is 0 Å². The smallest absolute Gasteiger partial charge is 0.0587 e. The van der Waals surface area contributed by atoms with Gasteiger partial charge in [-0.3, -0.25) is 10.7 Å². The Hall–Kier alpha value is -0.630. The number of rotatable bonds is 1. The maximum atomic E-state index is 7.32. The summed E-state index contributed by atoms with van der Waals surface area (Å²) in [6.07, 6.45) is 0. The number of nitrogens with two attached hydrogens (primary N) is 1. The van der Waals surface area contributed by atoms with Crippen LogP contribution < -0.4 is 5.84 Å². The molecule has 1 aliphatic heterocycles. The van der Waals surface area contributed by atoms with Crippen LogP contribution in [0.15, 0.2) is 0 Å². The lowest BCUT2D eigenvalue weighted by Crippen LogP contribution is -2.71. The first-order valence-corrected chi connectivity index (χ1v) is 6.18. The van der Waals surface area contributed by atoms with Crippen LogP contribution in [0, 0.1) is 11.3 Å². The zero-order valence-corrected chi connectivity index (χ0v) is 12.4. The van der Waals surface area contributed by atoms with E-state index in [1.54, 1.807) is 6.07 Å². The molecule has 1 rings (SSSR count). The van der Waals surface area contributed by atoms with E-state index in [0.29, 0.717) is 6.04 Å². The summed E-state index contributed by atoms with van der Waals surface area (Å²) in [5.41, 5.74) is 0.123. The summed E-state index contributed by atoms with van der Waals surface area (Å²) in [7, 11) is 0.